The van der Waals surface area contributed by atoms with E-state index in [1.165, 1.54) is 44.9 Å². The van der Waals surface area contributed by atoms with Gasteiger partial charge >= 0.3 is 0 Å². The number of nitrogens with two attached hydrogens (primary N) is 2. The third-order valence-corrected chi connectivity index (χ3v) is 10.1. The van der Waals surface area contributed by atoms with E-state index in [-0.39, 0.29) is 29.5 Å². The Hall–Kier alpha value is -0.480. The Balaban J connectivity index is 1.45. The molecular formula is C28H54ClN6O2+. The van der Waals surface area contributed by atoms with Gasteiger partial charge in [-0.15, -0.1) is 11.6 Å². The van der Waals surface area contributed by atoms with Gasteiger partial charge < -0.3 is 36.2 Å². The molecule has 0 aromatic heterocycles. The van der Waals surface area contributed by atoms with Crippen LogP contribution in [-0.4, -0.2) is 105 Å². The summed E-state index contributed by atoms with van der Waals surface area (Å²) >= 11 is 6.75. The number of likely N-dealkylation sites (N-methyl/N-ethyl adjacent to an activating group) is 2. The van der Waals surface area contributed by atoms with E-state index in [2.05, 4.69) is 36.7 Å². The third-order valence-electron chi connectivity index (χ3n) is 9.73. The van der Waals surface area contributed by atoms with E-state index >= 15 is 0 Å². The molecule has 0 aromatic rings. The Morgan fingerprint density at radius 1 is 1.11 bits per heavy atom. The Morgan fingerprint density at radius 3 is 2.51 bits per heavy atom. The summed E-state index contributed by atoms with van der Waals surface area (Å²) in [5.74, 6) is 0.739. The van der Waals surface area contributed by atoms with Crippen molar-refractivity contribution in [3.05, 3.63) is 0 Å². The number of alkyl halides is 1. The zero-order valence-corrected chi connectivity index (χ0v) is 24.3. The number of halogens is 1. The summed E-state index contributed by atoms with van der Waals surface area (Å²) in [6.45, 7) is 4.44. The molecule has 3 aliphatic heterocycles. The summed E-state index contributed by atoms with van der Waals surface area (Å²) in [5, 5.41) is 7.11. The Kier molecular flexibility index (Phi) is 10.6. The van der Waals surface area contributed by atoms with Gasteiger partial charge in [0.15, 0.2) is 0 Å². The SMILES string of the molecule is CN1CCC[C@@H]1COC1CC[N+](C)(C)CC1NC(=O)C(C(N)N)C1CC2CCCCC(CC(Cl)CN1)C2. The van der Waals surface area contributed by atoms with Gasteiger partial charge in [0, 0.05) is 30.4 Å². The van der Waals surface area contributed by atoms with Crippen LogP contribution < -0.4 is 22.1 Å². The first kappa shape index (κ1) is 29.5. The number of carbonyl (C=O) groups excluding carboxylic acids is 1. The van der Waals surface area contributed by atoms with E-state index in [4.69, 9.17) is 27.8 Å². The standard InChI is InChI=1S/C28H53ClN6O2/c1-34-11-6-9-22(34)18-37-25-10-12-35(2,3)17-24(25)33-28(36)26(27(30)31)23-15-20-8-5-4-7-19(13-20)14-21(29)16-32-23/h19-27,32H,4-18,30-31H2,1-3H3/p+1/t19?,20?,21?,22-,23?,24?,25?,26?/m1/s1. The van der Waals surface area contributed by atoms with Crippen LogP contribution in [0.2, 0.25) is 0 Å². The van der Waals surface area contributed by atoms with Gasteiger partial charge in [-0.2, -0.15) is 0 Å². The third kappa shape index (κ3) is 8.26. The van der Waals surface area contributed by atoms with Crippen LogP contribution in [0.25, 0.3) is 0 Å². The number of nitrogens with zero attached hydrogens (tertiary/aromatic N) is 2. The number of hydrogen-bond acceptors (Lipinski definition) is 6. The van der Waals surface area contributed by atoms with Crippen LogP contribution in [0.1, 0.15) is 64.2 Å². The first-order valence-corrected chi connectivity index (χ1v) is 15.4. The van der Waals surface area contributed by atoms with Crippen molar-refractivity contribution in [2.75, 3.05) is 53.9 Å². The van der Waals surface area contributed by atoms with Crippen LogP contribution >= 0.6 is 11.6 Å². The number of fused-ring (bicyclic) bond motifs is 2. The molecule has 1 saturated carbocycles. The molecule has 3 saturated heterocycles. The lowest BCUT2D eigenvalue weighted by Gasteiger charge is -2.43. The number of carbonyl (C=O) groups is 1. The zero-order chi connectivity index (χ0) is 26.6. The lowest BCUT2D eigenvalue weighted by molar-refractivity contribution is -0.897. The average molecular weight is 542 g/mol. The predicted octanol–water partition coefficient (Wildman–Crippen LogP) is 1.85. The Labute approximate surface area is 230 Å². The highest BCUT2D eigenvalue weighted by atomic mass is 35.5. The molecule has 0 spiro atoms. The van der Waals surface area contributed by atoms with Crippen LogP contribution in [0.3, 0.4) is 0 Å². The van der Waals surface area contributed by atoms with E-state index in [9.17, 15) is 4.79 Å². The fourth-order valence-electron chi connectivity index (χ4n) is 7.53. The maximum Gasteiger partial charge on any atom is 0.228 e. The fourth-order valence-corrected chi connectivity index (χ4v) is 7.87. The van der Waals surface area contributed by atoms with Crippen LogP contribution in [0, 0.1) is 17.8 Å². The van der Waals surface area contributed by atoms with Crippen molar-refractivity contribution in [1.82, 2.24) is 15.5 Å². The molecule has 4 fully saturated rings. The van der Waals surface area contributed by atoms with E-state index in [0.29, 0.717) is 24.4 Å². The molecular weight excluding hydrogens is 488 g/mol. The summed E-state index contributed by atoms with van der Waals surface area (Å²) in [7, 11) is 6.64. The predicted molar refractivity (Wildman–Crippen MR) is 150 cm³/mol. The Morgan fingerprint density at radius 2 is 1.84 bits per heavy atom. The summed E-state index contributed by atoms with van der Waals surface area (Å²) < 4.78 is 7.37. The number of nitrogens with one attached hydrogen (secondary N) is 2. The topological polar surface area (TPSA) is 106 Å². The van der Waals surface area contributed by atoms with Crippen molar-refractivity contribution in [2.24, 2.45) is 29.2 Å². The first-order chi connectivity index (χ1) is 17.6. The van der Waals surface area contributed by atoms with Gasteiger partial charge in [0.1, 0.15) is 12.6 Å². The molecule has 0 aromatic carbocycles. The van der Waals surface area contributed by atoms with Crippen molar-refractivity contribution >= 4 is 17.5 Å². The number of rotatable bonds is 7. The van der Waals surface area contributed by atoms with Gasteiger partial charge in [0.05, 0.1) is 45.4 Å². The molecule has 214 valence electrons. The monoisotopic (exact) mass is 541 g/mol. The van der Waals surface area contributed by atoms with Crippen LogP contribution in [-0.2, 0) is 9.53 Å². The molecule has 4 aliphatic rings. The van der Waals surface area contributed by atoms with Gasteiger partial charge in [-0.3, -0.25) is 4.79 Å². The molecule has 37 heavy (non-hydrogen) atoms. The normalized spacial score (nSPS) is 38.3. The fraction of sp³-hybridized carbons (Fsp3) is 0.964. The van der Waals surface area contributed by atoms with Crippen molar-refractivity contribution < 1.29 is 14.0 Å². The molecule has 2 bridgehead atoms. The molecule has 4 rings (SSSR count). The Bertz CT molecular complexity index is 739. The van der Waals surface area contributed by atoms with E-state index < -0.39 is 12.1 Å². The summed E-state index contributed by atoms with van der Waals surface area (Å²) in [6.07, 6.45) is 10.9. The highest BCUT2D eigenvalue weighted by Gasteiger charge is 2.41. The quantitative estimate of drug-likeness (QED) is 0.223. The van der Waals surface area contributed by atoms with E-state index in [0.717, 1.165) is 50.0 Å². The molecule has 1 aliphatic carbocycles. The number of piperidine rings is 1. The lowest BCUT2D eigenvalue weighted by Crippen LogP contribution is -2.64. The minimum absolute atomic E-state index is 0.0158. The van der Waals surface area contributed by atoms with Crippen LogP contribution in [0.15, 0.2) is 0 Å². The summed E-state index contributed by atoms with van der Waals surface area (Å²) in [5.41, 5.74) is 12.7. The number of likely N-dealkylation sites (tertiary alicyclic amines) is 2. The highest BCUT2D eigenvalue weighted by molar-refractivity contribution is 6.20. The minimum Gasteiger partial charge on any atom is -0.374 e. The molecule has 0 radical (unpaired) electrons. The van der Waals surface area contributed by atoms with Gasteiger partial charge in [-0.1, -0.05) is 25.7 Å². The molecule has 1 amide bonds. The van der Waals surface area contributed by atoms with Gasteiger partial charge in [0.25, 0.3) is 0 Å². The minimum atomic E-state index is -0.730. The van der Waals surface area contributed by atoms with Crippen molar-refractivity contribution in [2.45, 2.75) is 100.0 Å². The van der Waals surface area contributed by atoms with Crippen molar-refractivity contribution in [3.63, 3.8) is 0 Å². The largest absolute Gasteiger partial charge is 0.374 e. The molecule has 7 unspecified atom stereocenters. The van der Waals surface area contributed by atoms with Crippen molar-refractivity contribution in [1.29, 1.82) is 0 Å². The summed E-state index contributed by atoms with van der Waals surface area (Å²) in [6, 6.07) is 0.352. The smallest absolute Gasteiger partial charge is 0.228 e. The van der Waals surface area contributed by atoms with Crippen LogP contribution in [0.5, 0.6) is 0 Å². The molecule has 8 nitrogen and oxygen atoms in total. The van der Waals surface area contributed by atoms with Crippen molar-refractivity contribution in [3.8, 4) is 0 Å². The lowest BCUT2D eigenvalue weighted by atomic mass is 9.82. The van der Waals surface area contributed by atoms with Gasteiger partial charge in [-0.25, -0.2) is 0 Å². The molecule has 3 heterocycles. The first-order valence-electron chi connectivity index (χ1n) is 14.9. The second-order valence-corrected chi connectivity index (χ2v) is 14.0. The number of ether oxygens (including phenoxy) is 1. The molecule has 8 atom stereocenters. The number of quaternary nitrogens is 1. The average Bonchev–Trinajstić information content (AvgIpc) is 3.12. The maximum absolute atomic E-state index is 13.9. The number of hydrogen-bond donors (Lipinski definition) is 4. The van der Waals surface area contributed by atoms with Gasteiger partial charge in [0.2, 0.25) is 5.91 Å². The van der Waals surface area contributed by atoms with Crippen LogP contribution in [0.4, 0.5) is 0 Å². The number of amides is 1. The zero-order valence-electron chi connectivity index (χ0n) is 23.5. The molecule has 6 N–H and O–H groups in total. The molecule has 9 heteroatoms. The maximum atomic E-state index is 13.9. The highest BCUT2D eigenvalue weighted by Crippen LogP contribution is 2.36. The van der Waals surface area contributed by atoms with E-state index in [1.54, 1.807) is 0 Å². The summed E-state index contributed by atoms with van der Waals surface area (Å²) in [4.78, 5) is 16.3. The second-order valence-electron chi connectivity index (χ2n) is 13.3. The van der Waals surface area contributed by atoms with E-state index in [1.807, 2.05) is 0 Å². The van der Waals surface area contributed by atoms with Gasteiger partial charge in [-0.05, 0) is 57.5 Å². The second kappa shape index (κ2) is 13.2.